The zero-order valence-corrected chi connectivity index (χ0v) is 15.6. The van der Waals surface area contributed by atoms with Crippen LogP contribution in [0.4, 0.5) is 5.69 Å². The number of benzene rings is 2. The second-order valence-electron chi connectivity index (χ2n) is 5.72. The van der Waals surface area contributed by atoms with Crippen LogP contribution in [0.25, 0.3) is 5.69 Å². The molecular formula is C19H18ClN3OS. The van der Waals surface area contributed by atoms with Crippen LogP contribution in [-0.4, -0.2) is 21.2 Å². The second kappa shape index (κ2) is 7.76. The van der Waals surface area contributed by atoms with Crippen LogP contribution in [0, 0.1) is 13.8 Å². The third kappa shape index (κ3) is 4.44. The van der Waals surface area contributed by atoms with Crippen molar-refractivity contribution >= 4 is 35.0 Å². The van der Waals surface area contributed by atoms with E-state index in [2.05, 4.69) is 42.3 Å². The zero-order valence-electron chi connectivity index (χ0n) is 14.0. The van der Waals surface area contributed by atoms with Gasteiger partial charge in [0.15, 0.2) is 5.16 Å². The molecule has 128 valence electrons. The number of nitrogens with one attached hydrogen (secondary N) is 1. The molecule has 1 N–H and O–H groups in total. The number of anilines is 1. The highest BCUT2D eigenvalue weighted by molar-refractivity contribution is 7.99. The lowest BCUT2D eigenvalue weighted by molar-refractivity contribution is -0.113. The van der Waals surface area contributed by atoms with Crippen LogP contribution in [0.1, 0.15) is 11.1 Å². The smallest absolute Gasteiger partial charge is 0.234 e. The highest BCUT2D eigenvalue weighted by Gasteiger charge is 2.11. The number of carbonyl (C=O) groups is 1. The molecule has 1 heterocycles. The Morgan fingerprint density at radius 2 is 2.08 bits per heavy atom. The fourth-order valence-corrected chi connectivity index (χ4v) is 3.41. The van der Waals surface area contributed by atoms with E-state index in [-0.39, 0.29) is 11.7 Å². The molecule has 1 amide bonds. The van der Waals surface area contributed by atoms with Crippen molar-refractivity contribution in [2.75, 3.05) is 11.1 Å². The summed E-state index contributed by atoms with van der Waals surface area (Å²) >= 11 is 7.33. The predicted octanol–water partition coefficient (Wildman–Crippen LogP) is 4.87. The maximum Gasteiger partial charge on any atom is 0.234 e. The molecule has 0 spiro atoms. The molecule has 0 bridgehead atoms. The van der Waals surface area contributed by atoms with Crippen molar-refractivity contribution in [1.29, 1.82) is 0 Å². The van der Waals surface area contributed by atoms with Gasteiger partial charge in [-0.2, -0.15) is 0 Å². The van der Waals surface area contributed by atoms with Crippen molar-refractivity contribution in [1.82, 2.24) is 9.55 Å². The average Bonchev–Trinajstić information content (AvgIpc) is 3.03. The Hall–Kier alpha value is -2.24. The summed E-state index contributed by atoms with van der Waals surface area (Å²) in [6.45, 7) is 4.13. The number of aryl methyl sites for hydroxylation is 2. The quantitative estimate of drug-likeness (QED) is 0.650. The first-order valence-electron chi connectivity index (χ1n) is 7.82. The summed E-state index contributed by atoms with van der Waals surface area (Å²) in [4.78, 5) is 16.6. The van der Waals surface area contributed by atoms with Gasteiger partial charge in [0, 0.05) is 23.1 Å². The van der Waals surface area contributed by atoms with Crippen molar-refractivity contribution in [3.8, 4) is 5.69 Å². The van der Waals surface area contributed by atoms with Crippen LogP contribution in [0.3, 0.4) is 0 Å². The van der Waals surface area contributed by atoms with Gasteiger partial charge < -0.3 is 5.32 Å². The molecule has 0 fully saturated rings. The van der Waals surface area contributed by atoms with Gasteiger partial charge in [0.2, 0.25) is 5.91 Å². The molecule has 0 unspecified atom stereocenters. The summed E-state index contributed by atoms with van der Waals surface area (Å²) in [6, 6.07) is 13.4. The summed E-state index contributed by atoms with van der Waals surface area (Å²) in [5.41, 5.74) is 4.11. The van der Waals surface area contributed by atoms with Crippen molar-refractivity contribution in [3.63, 3.8) is 0 Å². The molecular weight excluding hydrogens is 354 g/mol. The summed E-state index contributed by atoms with van der Waals surface area (Å²) in [5.74, 6) is 0.178. The van der Waals surface area contributed by atoms with E-state index in [0.29, 0.717) is 10.7 Å². The fourth-order valence-electron chi connectivity index (χ4n) is 2.45. The Kier molecular flexibility index (Phi) is 5.46. The summed E-state index contributed by atoms with van der Waals surface area (Å²) < 4.78 is 2.01. The molecule has 0 saturated heterocycles. The molecule has 0 saturated carbocycles. The second-order valence-corrected chi connectivity index (χ2v) is 7.10. The minimum absolute atomic E-state index is 0.0946. The van der Waals surface area contributed by atoms with Crippen molar-refractivity contribution in [2.45, 2.75) is 19.0 Å². The topological polar surface area (TPSA) is 46.9 Å². The lowest BCUT2D eigenvalue weighted by Gasteiger charge is -2.11. The van der Waals surface area contributed by atoms with Gasteiger partial charge in [-0.15, -0.1) is 0 Å². The van der Waals surface area contributed by atoms with Gasteiger partial charge in [-0.05, 0) is 49.2 Å². The van der Waals surface area contributed by atoms with E-state index in [1.807, 2.05) is 16.8 Å². The van der Waals surface area contributed by atoms with Crippen LogP contribution >= 0.6 is 23.4 Å². The Labute approximate surface area is 156 Å². The maximum absolute atomic E-state index is 12.2. The molecule has 0 aliphatic rings. The predicted molar refractivity (Wildman–Crippen MR) is 104 cm³/mol. The number of halogens is 1. The van der Waals surface area contributed by atoms with Crippen LogP contribution < -0.4 is 5.32 Å². The molecule has 0 aliphatic heterocycles. The van der Waals surface area contributed by atoms with Crippen molar-refractivity contribution in [2.24, 2.45) is 0 Å². The number of hydrogen-bond acceptors (Lipinski definition) is 3. The molecule has 3 rings (SSSR count). The summed E-state index contributed by atoms with van der Waals surface area (Å²) in [5, 5.41) is 4.22. The van der Waals surface area contributed by atoms with Crippen LogP contribution in [0.2, 0.25) is 5.02 Å². The Morgan fingerprint density at radius 1 is 1.24 bits per heavy atom. The summed E-state index contributed by atoms with van der Waals surface area (Å²) in [7, 11) is 0. The average molecular weight is 372 g/mol. The lowest BCUT2D eigenvalue weighted by atomic mass is 10.1. The normalized spacial score (nSPS) is 10.7. The first-order valence-corrected chi connectivity index (χ1v) is 9.18. The fraction of sp³-hybridized carbons (Fsp3) is 0.158. The Balaban J connectivity index is 1.69. The van der Waals surface area contributed by atoms with E-state index in [9.17, 15) is 4.79 Å². The van der Waals surface area contributed by atoms with Crippen LogP contribution in [0.5, 0.6) is 0 Å². The van der Waals surface area contributed by atoms with Gasteiger partial charge in [-0.1, -0.05) is 41.6 Å². The van der Waals surface area contributed by atoms with Crippen molar-refractivity contribution in [3.05, 3.63) is 71.0 Å². The first kappa shape index (κ1) is 17.6. The van der Waals surface area contributed by atoms with Crippen LogP contribution in [0.15, 0.2) is 60.0 Å². The molecule has 1 aromatic heterocycles. The highest BCUT2D eigenvalue weighted by Crippen LogP contribution is 2.24. The van der Waals surface area contributed by atoms with E-state index in [1.54, 1.807) is 24.4 Å². The molecule has 25 heavy (non-hydrogen) atoms. The van der Waals surface area contributed by atoms with E-state index in [1.165, 1.54) is 17.3 Å². The first-order chi connectivity index (χ1) is 12.0. The number of imidazole rings is 1. The van der Waals surface area contributed by atoms with Gasteiger partial charge in [-0.25, -0.2) is 4.98 Å². The molecule has 2 aromatic carbocycles. The van der Waals surface area contributed by atoms with E-state index in [4.69, 9.17) is 11.6 Å². The SMILES string of the molecule is Cc1ccc(C)c(-n2ccnc2SCC(=O)Nc2cccc(Cl)c2)c1. The number of rotatable bonds is 5. The number of hydrogen-bond donors (Lipinski definition) is 1. The third-order valence-electron chi connectivity index (χ3n) is 3.67. The Bertz CT molecular complexity index is 907. The van der Waals surface area contributed by atoms with Gasteiger partial charge >= 0.3 is 0 Å². The monoisotopic (exact) mass is 371 g/mol. The number of nitrogens with zero attached hydrogens (tertiary/aromatic N) is 2. The molecule has 6 heteroatoms. The number of thioether (sulfide) groups is 1. The van der Waals surface area contributed by atoms with Gasteiger partial charge in [0.05, 0.1) is 11.4 Å². The number of aromatic nitrogens is 2. The van der Waals surface area contributed by atoms with E-state index < -0.39 is 0 Å². The lowest BCUT2D eigenvalue weighted by Crippen LogP contribution is -2.14. The number of carbonyl (C=O) groups excluding carboxylic acids is 1. The van der Waals surface area contributed by atoms with Crippen LogP contribution in [-0.2, 0) is 4.79 Å². The Morgan fingerprint density at radius 3 is 2.88 bits per heavy atom. The largest absolute Gasteiger partial charge is 0.325 e. The molecule has 3 aromatic rings. The minimum atomic E-state index is -0.0946. The number of amides is 1. The minimum Gasteiger partial charge on any atom is -0.325 e. The molecule has 0 atom stereocenters. The molecule has 0 radical (unpaired) electrons. The highest BCUT2D eigenvalue weighted by atomic mass is 35.5. The van der Waals surface area contributed by atoms with Gasteiger partial charge in [-0.3, -0.25) is 9.36 Å². The maximum atomic E-state index is 12.2. The summed E-state index contributed by atoms with van der Waals surface area (Å²) in [6.07, 6.45) is 3.66. The van der Waals surface area contributed by atoms with E-state index >= 15 is 0 Å². The standard InChI is InChI=1S/C19H18ClN3OS/c1-13-6-7-14(2)17(10-13)23-9-8-21-19(23)25-12-18(24)22-16-5-3-4-15(20)11-16/h3-11H,12H2,1-2H3,(H,22,24). The third-order valence-corrected chi connectivity index (χ3v) is 4.87. The van der Waals surface area contributed by atoms with Gasteiger partial charge in [0.1, 0.15) is 0 Å². The van der Waals surface area contributed by atoms with Gasteiger partial charge in [0.25, 0.3) is 0 Å². The molecule has 0 aliphatic carbocycles. The van der Waals surface area contributed by atoms with E-state index in [0.717, 1.165) is 16.4 Å². The van der Waals surface area contributed by atoms with Crippen molar-refractivity contribution < 1.29 is 4.79 Å². The zero-order chi connectivity index (χ0) is 17.8. The molecule has 4 nitrogen and oxygen atoms in total.